The minimum Gasteiger partial charge on any atom is -0.310 e. The molecule has 1 atom stereocenters. The van der Waals surface area contributed by atoms with E-state index in [0.29, 0.717) is 16.4 Å². The van der Waals surface area contributed by atoms with Crippen LogP contribution in [0.1, 0.15) is 38.7 Å². The summed E-state index contributed by atoms with van der Waals surface area (Å²) in [5.41, 5.74) is 1.59. The van der Waals surface area contributed by atoms with Crippen molar-refractivity contribution in [1.29, 1.82) is 0 Å². The van der Waals surface area contributed by atoms with Gasteiger partial charge < -0.3 is 5.32 Å². The van der Waals surface area contributed by atoms with Gasteiger partial charge in [0.2, 0.25) is 0 Å². The molecule has 1 aliphatic rings. The van der Waals surface area contributed by atoms with E-state index in [9.17, 15) is 8.42 Å². The lowest BCUT2D eigenvalue weighted by Gasteiger charge is -2.18. The Balaban J connectivity index is 1.91. The van der Waals surface area contributed by atoms with E-state index in [2.05, 4.69) is 19.2 Å². The zero-order chi connectivity index (χ0) is 14.1. The molecule has 0 amide bonds. The Hall–Kier alpha value is -0.870. The molecule has 1 unspecified atom stereocenters. The van der Waals surface area contributed by atoms with Crippen LogP contribution in [0.25, 0.3) is 0 Å². The molecule has 0 saturated heterocycles. The molecule has 3 nitrogen and oxygen atoms in total. The summed E-state index contributed by atoms with van der Waals surface area (Å²) >= 11 is 0. The lowest BCUT2D eigenvalue weighted by atomic mass is 9.92. The number of hydrogen-bond acceptors (Lipinski definition) is 3. The first-order chi connectivity index (χ1) is 8.76. The second kappa shape index (κ2) is 5.25. The number of nitrogens with one attached hydrogen (secondary N) is 1. The normalized spacial score (nSPS) is 22.6. The molecule has 1 aliphatic carbocycles. The maximum absolute atomic E-state index is 11.4. The lowest BCUT2D eigenvalue weighted by molar-refractivity contribution is 0.364. The molecule has 0 bridgehead atoms. The molecular weight excluding hydrogens is 258 g/mol. The summed E-state index contributed by atoms with van der Waals surface area (Å²) in [6.07, 6.45) is 4.96. The van der Waals surface area contributed by atoms with E-state index in [1.54, 1.807) is 12.1 Å². The molecule has 106 valence electrons. The average Bonchev–Trinajstić information content (AvgIpc) is 2.66. The Bertz CT molecular complexity index is 532. The van der Waals surface area contributed by atoms with Crippen molar-refractivity contribution in [2.45, 2.75) is 50.6 Å². The van der Waals surface area contributed by atoms with Crippen LogP contribution in [-0.4, -0.2) is 20.7 Å². The van der Waals surface area contributed by atoms with Gasteiger partial charge in [0.25, 0.3) is 0 Å². The summed E-state index contributed by atoms with van der Waals surface area (Å²) in [5, 5.41) is 3.56. The number of rotatable bonds is 4. The number of hydrogen-bond donors (Lipinski definition) is 1. The van der Waals surface area contributed by atoms with Gasteiger partial charge in [-0.25, -0.2) is 8.42 Å². The topological polar surface area (TPSA) is 46.2 Å². The van der Waals surface area contributed by atoms with Crippen molar-refractivity contribution in [3.05, 3.63) is 29.8 Å². The summed E-state index contributed by atoms with van der Waals surface area (Å²) in [6, 6.07) is 7.74. The minimum atomic E-state index is -3.09. The molecule has 1 aromatic rings. The van der Waals surface area contributed by atoms with Crippen LogP contribution in [0.15, 0.2) is 29.2 Å². The van der Waals surface area contributed by atoms with Gasteiger partial charge in [0.05, 0.1) is 4.90 Å². The molecule has 1 N–H and O–H groups in total. The van der Waals surface area contributed by atoms with Crippen molar-refractivity contribution >= 4 is 9.84 Å². The van der Waals surface area contributed by atoms with E-state index in [0.717, 1.165) is 12.1 Å². The van der Waals surface area contributed by atoms with E-state index in [1.165, 1.54) is 25.5 Å². The van der Waals surface area contributed by atoms with E-state index in [-0.39, 0.29) is 0 Å². The van der Waals surface area contributed by atoms with Crippen LogP contribution in [0.2, 0.25) is 0 Å². The second-order valence-corrected chi connectivity index (χ2v) is 8.42. The highest BCUT2D eigenvalue weighted by molar-refractivity contribution is 7.90. The smallest absolute Gasteiger partial charge is 0.175 e. The van der Waals surface area contributed by atoms with Crippen LogP contribution in [0.5, 0.6) is 0 Å². The molecule has 0 heterocycles. The molecule has 0 aliphatic heterocycles. The summed E-state index contributed by atoms with van der Waals surface area (Å²) in [7, 11) is -3.09. The van der Waals surface area contributed by atoms with Gasteiger partial charge in [-0.2, -0.15) is 0 Å². The molecule has 4 heteroatoms. The predicted octanol–water partition coefficient (Wildman–Crippen LogP) is 2.76. The summed E-state index contributed by atoms with van der Waals surface area (Å²) in [6.45, 7) is 5.44. The maximum atomic E-state index is 11.4. The Morgan fingerprint density at radius 3 is 2.37 bits per heavy atom. The first-order valence-electron chi connectivity index (χ1n) is 6.79. The first-order valence-corrected chi connectivity index (χ1v) is 8.68. The SMILES string of the molecule is CC1(C)CCC(NCc2ccc(S(C)(=O)=O)cc2)C1. The Labute approximate surface area is 116 Å². The van der Waals surface area contributed by atoms with Crippen LogP contribution < -0.4 is 5.32 Å². The Morgan fingerprint density at radius 2 is 1.89 bits per heavy atom. The van der Waals surface area contributed by atoms with E-state index < -0.39 is 9.84 Å². The van der Waals surface area contributed by atoms with Gasteiger partial charge in [0, 0.05) is 18.8 Å². The third kappa shape index (κ3) is 4.05. The van der Waals surface area contributed by atoms with Crippen LogP contribution in [-0.2, 0) is 16.4 Å². The fourth-order valence-corrected chi connectivity index (χ4v) is 3.36. The third-order valence-electron chi connectivity index (χ3n) is 3.91. The van der Waals surface area contributed by atoms with Crippen LogP contribution in [0.3, 0.4) is 0 Å². The standard InChI is InChI=1S/C15H23NO2S/c1-15(2)9-8-13(10-15)16-11-12-4-6-14(7-5-12)19(3,17)18/h4-7,13,16H,8-11H2,1-3H3. The fourth-order valence-electron chi connectivity index (χ4n) is 2.73. The highest BCUT2D eigenvalue weighted by Gasteiger charge is 2.30. The van der Waals surface area contributed by atoms with Gasteiger partial charge in [0.15, 0.2) is 9.84 Å². The largest absolute Gasteiger partial charge is 0.310 e. The third-order valence-corrected chi connectivity index (χ3v) is 5.04. The van der Waals surface area contributed by atoms with Crippen molar-refractivity contribution in [2.24, 2.45) is 5.41 Å². The van der Waals surface area contributed by atoms with Crippen molar-refractivity contribution < 1.29 is 8.42 Å². The van der Waals surface area contributed by atoms with E-state index in [4.69, 9.17) is 0 Å². The summed E-state index contributed by atoms with van der Waals surface area (Å²) < 4.78 is 22.7. The van der Waals surface area contributed by atoms with Gasteiger partial charge in [-0.15, -0.1) is 0 Å². The molecule has 19 heavy (non-hydrogen) atoms. The zero-order valence-electron chi connectivity index (χ0n) is 11.9. The molecule has 0 aromatic heterocycles. The monoisotopic (exact) mass is 281 g/mol. The number of sulfone groups is 1. The van der Waals surface area contributed by atoms with Crippen molar-refractivity contribution in [3.63, 3.8) is 0 Å². The molecule has 2 rings (SSSR count). The molecule has 0 radical (unpaired) electrons. The molecule has 0 spiro atoms. The molecular formula is C15H23NO2S. The van der Waals surface area contributed by atoms with E-state index in [1.807, 2.05) is 12.1 Å². The van der Waals surface area contributed by atoms with Gasteiger partial charge >= 0.3 is 0 Å². The fraction of sp³-hybridized carbons (Fsp3) is 0.600. The Kier molecular flexibility index (Phi) is 4.02. The van der Waals surface area contributed by atoms with Crippen LogP contribution in [0, 0.1) is 5.41 Å². The second-order valence-electron chi connectivity index (χ2n) is 6.40. The van der Waals surface area contributed by atoms with Crippen molar-refractivity contribution in [1.82, 2.24) is 5.32 Å². The molecule has 1 saturated carbocycles. The molecule has 1 aromatic carbocycles. The van der Waals surface area contributed by atoms with Gasteiger partial charge in [0.1, 0.15) is 0 Å². The average molecular weight is 281 g/mol. The van der Waals surface area contributed by atoms with Gasteiger partial charge in [-0.3, -0.25) is 0 Å². The van der Waals surface area contributed by atoms with Crippen LogP contribution >= 0.6 is 0 Å². The summed E-state index contributed by atoms with van der Waals surface area (Å²) in [5.74, 6) is 0. The first kappa shape index (κ1) is 14.5. The maximum Gasteiger partial charge on any atom is 0.175 e. The zero-order valence-corrected chi connectivity index (χ0v) is 12.8. The lowest BCUT2D eigenvalue weighted by Crippen LogP contribution is -2.26. The van der Waals surface area contributed by atoms with Crippen molar-refractivity contribution in [3.8, 4) is 0 Å². The minimum absolute atomic E-state index is 0.387. The summed E-state index contributed by atoms with van der Waals surface area (Å²) in [4.78, 5) is 0.387. The highest BCUT2D eigenvalue weighted by Crippen LogP contribution is 2.36. The molecule has 1 fully saturated rings. The quantitative estimate of drug-likeness (QED) is 0.923. The predicted molar refractivity (Wildman–Crippen MR) is 77.8 cm³/mol. The van der Waals surface area contributed by atoms with Crippen LogP contribution in [0.4, 0.5) is 0 Å². The van der Waals surface area contributed by atoms with Gasteiger partial charge in [-0.1, -0.05) is 26.0 Å². The van der Waals surface area contributed by atoms with Crippen molar-refractivity contribution in [2.75, 3.05) is 6.26 Å². The van der Waals surface area contributed by atoms with E-state index >= 15 is 0 Å². The highest BCUT2D eigenvalue weighted by atomic mass is 32.2. The Morgan fingerprint density at radius 1 is 1.26 bits per heavy atom. The van der Waals surface area contributed by atoms with Gasteiger partial charge in [-0.05, 0) is 42.4 Å². The number of benzene rings is 1.